The SMILES string of the molecule is CCOC(=O)CS(=O)(=O)CC(=O)c1cccc([N+](=O)[O-])c1. The number of hydrogen-bond acceptors (Lipinski definition) is 7. The molecule has 9 heteroatoms. The third-order valence-corrected chi connectivity index (χ3v) is 3.75. The van der Waals surface area contributed by atoms with Crippen molar-refractivity contribution in [1.82, 2.24) is 0 Å². The van der Waals surface area contributed by atoms with Crippen LogP contribution in [0.1, 0.15) is 17.3 Å². The van der Waals surface area contributed by atoms with Crippen molar-refractivity contribution >= 4 is 27.3 Å². The Bertz CT molecular complexity index is 666. The number of carbonyl (C=O) groups excluding carboxylic acids is 2. The van der Waals surface area contributed by atoms with Crippen LogP contribution in [0.3, 0.4) is 0 Å². The van der Waals surface area contributed by atoms with Crippen LogP contribution in [0.2, 0.25) is 0 Å². The van der Waals surface area contributed by atoms with E-state index in [-0.39, 0.29) is 17.9 Å². The van der Waals surface area contributed by atoms with E-state index in [1.165, 1.54) is 25.1 Å². The van der Waals surface area contributed by atoms with Gasteiger partial charge in [0.1, 0.15) is 11.5 Å². The molecule has 0 aliphatic heterocycles. The molecule has 0 heterocycles. The summed E-state index contributed by atoms with van der Waals surface area (Å²) in [6.45, 7) is 1.56. The largest absolute Gasteiger partial charge is 0.465 e. The Balaban J connectivity index is 2.83. The van der Waals surface area contributed by atoms with E-state index in [0.29, 0.717) is 0 Å². The minimum atomic E-state index is -3.98. The first-order chi connectivity index (χ1) is 9.75. The number of nitro benzene ring substituents is 1. The van der Waals surface area contributed by atoms with Gasteiger partial charge in [0.2, 0.25) is 0 Å². The van der Waals surface area contributed by atoms with Crippen molar-refractivity contribution in [2.75, 3.05) is 18.1 Å². The van der Waals surface area contributed by atoms with Gasteiger partial charge in [0, 0.05) is 17.7 Å². The van der Waals surface area contributed by atoms with E-state index in [0.717, 1.165) is 6.07 Å². The van der Waals surface area contributed by atoms with Crippen molar-refractivity contribution in [2.24, 2.45) is 0 Å². The summed E-state index contributed by atoms with van der Waals surface area (Å²) in [4.78, 5) is 32.8. The molecule has 0 atom stereocenters. The quantitative estimate of drug-likeness (QED) is 0.315. The van der Waals surface area contributed by atoms with Crippen LogP contribution in [0.5, 0.6) is 0 Å². The molecule has 8 nitrogen and oxygen atoms in total. The molecule has 0 aromatic heterocycles. The molecule has 0 aliphatic rings. The third-order valence-electron chi connectivity index (χ3n) is 2.37. The number of non-ortho nitro benzene ring substituents is 1. The van der Waals surface area contributed by atoms with Crippen LogP contribution < -0.4 is 0 Å². The standard InChI is InChI=1S/C12H13NO7S/c1-2-20-12(15)8-21(18,19)7-11(14)9-4-3-5-10(6-9)13(16)17/h3-6H,2,7-8H2,1H3. The van der Waals surface area contributed by atoms with Gasteiger partial charge in [-0.3, -0.25) is 19.7 Å². The minimum absolute atomic E-state index is 0.0349. The van der Waals surface area contributed by atoms with E-state index in [2.05, 4.69) is 4.74 Å². The molecule has 0 saturated heterocycles. The van der Waals surface area contributed by atoms with E-state index in [1.54, 1.807) is 0 Å². The number of ether oxygens (including phenoxy) is 1. The van der Waals surface area contributed by atoms with Gasteiger partial charge >= 0.3 is 5.97 Å². The summed E-state index contributed by atoms with van der Waals surface area (Å²) >= 11 is 0. The van der Waals surface area contributed by atoms with Crippen LogP contribution >= 0.6 is 0 Å². The first kappa shape index (κ1) is 16.8. The predicted molar refractivity (Wildman–Crippen MR) is 72.7 cm³/mol. The number of nitrogens with zero attached hydrogens (tertiary/aromatic N) is 1. The molecular weight excluding hydrogens is 302 g/mol. The fourth-order valence-electron chi connectivity index (χ4n) is 1.51. The molecule has 0 N–H and O–H groups in total. The molecule has 1 aromatic rings. The maximum absolute atomic E-state index is 11.8. The third kappa shape index (κ3) is 5.30. The minimum Gasteiger partial charge on any atom is -0.465 e. The molecule has 0 unspecified atom stereocenters. The van der Waals surface area contributed by atoms with Gasteiger partial charge in [-0.1, -0.05) is 12.1 Å². The maximum Gasteiger partial charge on any atom is 0.321 e. The van der Waals surface area contributed by atoms with Crippen molar-refractivity contribution < 1.29 is 27.7 Å². The highest BCUT2D eigenvalue weighted by atomic mass is 32.2. The highest BCUT2D eigenvalue weighted by Gasteiger charge is 2.23. The van der Waals surface area contributed by atoms with Crippen molar-refractivity contribution in [3.05, 3.63) is 39.9 Å². The van der Waals surface area contributed by atoms with Crippen LogP contribution in [0.25, 0.3) is 0 Å². The molecule has 1 rings (SSSR count). The molecule has 0 saturated carbocycles. The van der Waals surface area contributed by atoms with Crippen LogP contribution in [-0.4, -0.2) is 43.2 Å². The summed E-state index contributed by atoms with van der Waals surface area (Å²) in [6.07, 6.45) is 0. The van der Waals surface area contributed by atoms with Crippen LogP contribution in [0.4, 0.5) is 5.69 Å². The Morgan fingerprint density at radius 3 is 2.52 bits per heavy atom. The van der Waals surface area contributed by atoms with Gasteiger partial charge in [0.15, 0.2) is 15.6 Å². The molecular formula is C12H13NO7S. The number of carbonyl (C=O) groups is 2. The summed E-state index contributed by atoms with van der Waals surface area (Å²) in [5.41, 5.74) is -0.416. The van der Waals surface area contributed by atoms with Gasteiger partial charge in [0.05, 0.1) is 11.5 Å². The number of sulfone groups is 1. The van der Waals surface area contributed by atoms with E-state index in [4.69, 9.17) is 0 Å². The van der Waals surface area contributed by atoms with E-state index >= 15 is 0 Å². The highest BCUT2D eigenvalue weighted by molar-refractivity contribution is 7.92. The number of hydrogen-bond donors (Lipinski definition) is 0. The summed E-state index contributed by atoms with van der Waals surface area (Å²) in [6, 6.07) is 4.73. The Labute approximate surface area is 120 Å². The lowest BCUT2D eigenvalue weighted by atomic mass is 10.1. The zero-order chi connectivity index (χ0) is 16.0. The molecule has 0 radical (unpaired) electrons. The number of rotatable bonds is 7. The van der Waals surface area contributed by atoms with Crippen LogP contribution in [0.15, 0.2) is 24.3 Å². The lowest BCUT2D eigenvalue weighted by Gasteiger charge is -2.04. The van der Waals surface area contributed by atoms with Gasteiger partial charge < -0.3 is 4.74 Å². The second-order valence-electron chi connectivity index (χ2n) is 4.07. The molecule has 0 spiro atoms. The smallest absolute Gasteiger partial charge is 0.321 e. The number of esters is 1. The Hall–Kier alpha value is -2.29. The topological polar surface area (TPSA) is 121 Å². The van der Waals surface area contributed by atoms with E-state index in [1.807, 2.05) is 0 Å². The van der Waals surface area contributed by atoms with Gasteiger partial charge in [0.25, 0.3) is 5.69 Å². The second kappa shape index (κ2) is 6.93. The maximum atomic E-state index is 11.8. The first-order valence-electron chi connectivity index (χ1n) is 5.89. The molecule has 0 aliphatic carbocycles. The molecule has 114 valence electrons. The van der Waals surface area contributed by atoms with E-state index in [9.17, 15) is 28.1 Å². The number of nitro groups is 1. The Morgan fingerprint density at radius 1 is 1.29 bits per heavy atom. The average molecular weight is 315 g/mol. The second-order valence-corrected chi connectivity index (χ2v) is 6.13. The zero-order valence-electron chi connectivity index (χ0n) is 11.1. The van der Waals surface area contributed by atoms with Crippen molar-refractivity contribution in [3.63, 3.8) is 0 Å². The lowest BCUT2D eigenvalue weighted by Crippen LogP contribution is -2.25. The van der Waals surface area contributed by atoms with Crippen molar-refractivity contribution in [1.29, 1.82) is 0 Å². The van der Waals surface area contributed by atoms with Gasteiger partial charge in [-0.15, -0.1) is 0 Å². The van der Waals surface area contributed by atoms with Gasteiger partial charge in [-0.2, -0.15) is 0 Å². The number of ketones is 1. The lowest BCUT2D eigenvalue weighted by molar-refractivity contribution is -0.384. The van der Waals surface area contributed by atoms with Crippen molar-refractivity contribution in [2.45, 2.75) is 6.92 Å². The van der Waals surface area contributed by atoms with Crippen LogP contribution in [0, 0.1) is 10.1 Å². The van der Waals surface area contributed by atoms with Gasteiger partial charge in [-0.05, 0) is 6.92 Å². The van der Waals surface area contributed by atoms with E-state index < -0.39 is 38.0 Å². The molecule has 0 fully saturated rings. The summed E-state index contributed by atoms with van der Waals surface area (Å²) in [7, 11) is -3.98. The number of benzene rings is 1. The highest BCUT2D eigenvalue weighted by Crippen LogP contribution is 2.14. The molecule has 1 aromatic carbocycles. The summed E-state index contributed by atoms with van der Waals surface area (Å²) in [5.74, 6) is -3.57. The van der Waals surface area contributed by atoms with Crippen molar-refractivity contribution in [3.8, 4) is 0 Å². The molecule has 0 amide bonds. The molecule has 0 bridgehead atoms. The fourth-order valence-corrected chi connectivity index (χ4v) is 2.62. The van der Waals surface area contributed by atoms with Gasteiger partial charge in [-0.25, -0.2) is 8.42 Å². The zero-order valence-corrected chi connectivity index (χ0v) is 12.0. The first-order valence-corrected chi connectivity index (χ1v) is 7.71. The summed E-state index contributed by atoms with van der Waals surface area (Å²) < 4.78 is 27.8. The number of Topliss-reactive ketones (excluding diaryl/α,β-unsaturated/α-hetero) is 1. The fraction of sp³-hybridized carbons (Fsp3) is 0.333. The average Bonchev–Trinajstić information content (AvgIpc) is 2.37. The predicted octanol–water partition coefficient (Wildman–Crippen LogP) is 0.755. The Kier molecular flexibility index (Phi) is 5.53. The molecule has 21 heavy (non-hydrogen) atoms. The van der Waals surface area contributed by atoms with Crippen LogP contribution in [-0.2, 0) is 19.4 Å². The Morgan fingerprint density at radius 2 is 1.95 bits per heavy atom. The summed E-state index contributed by atoms with van der Waals surface area (Å²) in [5, 5.41) is 10.6. The monoisotopic (exact) mass is 315 g/mol. The normalized spacial score (nSPS) is 10.9.